The van der Waals surface area contributed by atoms with Crippen LogP contribution < -0.4 is 0 Å². The monoisotopic (exact) mass is 179 g/mol. The number of hydrogen-bond acceptors (Lipinski definition) is 1. The maximum atomic E-state index is 9.42. The number of nitrogens with zero attached hydrogens (tertiary/aromatic N) is 1. The molecule has 0 aliphatic carbocycles. The quantitative estimate of drug-likeness (QED) is 0.709. The van der Waals surface area contributed by atoms with Crippen LogP contribution in [0.25, 0.3) is 0 Å². The minimum atomic E-state index is -0.388. The van der Waals surface area contributed by atoms with Crippen LogP contribution in [0.1, 0.15) is 32.6 Å². The van der Waals surface area contributed by atoms with E-state index >= 15 is 0 Å². The van der Waals surface area contributed by atoms with E-state index in [9.17, 15) is 5.11 Å². The normalized spacial score (nSPS) is 12.6. The van der Waals surface area contributed by atoms with Crippen molar-refractivity contribution in [2.45, 2.75) is 33.4 Å². The van der Waals surface area contributed by atoms with Gasteiger partial charge in [-0.2, -0.15) is 0 Å². The van der Waals surface area contributed by atoms with Gasteiger partial charge in [0.2, 0.25) is 0 Å². The van der Waals surface area contributed by atoms with E-state index in [2.05, 4.69) is 24.5 Å². The molecule has 1 unspecified atom stereocenters. The van der Waals surface area contributed by atoms with Gasteiger partial charge in [-0.25, -0.2) is 0 Å². The molecule has 0 aliphatic rings. The molecule has 1 aromatic heterocycles. The van der Waals surface area contributed by atoms with Crippen LogP contribution in [-0.2, 0) is 6.54 Å². The Morgan fingerprint density at radius 2 is 2.31 bits per heavy atom. The molecule has 0 amide bonds. The first-order chi connectivity index (χ1) is 6.11. The molecule has 1 atom stereocenters. The average molecular weight is 179 g/mol. The lowest BCUT2D eigenvalue weighted by molar-refractivity contribution is 0.190. The van der Waals surface area contributed by atoms with Crippen molar-refractivity contribution in [3.8, 4) is 0 Å². The summed E-state index contributed by atoms with van der Waals surface area (Å²) in [6.45, 7) is 6.78. The summed E-state index contributed by atoms with van der Waals surface area (Å²) < 4.78 is 2.05. The summed E-state index contributed by atoms with van der Waals surface area (Å²) in [7, 11) is 0. The Morgan fingerprint density at radius 1 is 1.62 bits per heavy atom. The van der Waals surface area contributed by atoms with Crippen molar-refractivity contribution >= 4 is 0 Å². The molecule has 13 heavy (non-hydrogen) atoms. The summed E-state index contributed by atoms with van der Waals surface area (Å²) in [4.78, 5) is 0. The lowest BCUT2D eigenvalue weighted by Crippen LogP contribution is -2.03. The minimum Gasteiger partial charge on any atom is -0.387 e. The van der Waals surface area contributed by atoms with Crippen molar-refractivity contribution in [1.82, 2.24) is 4.57 Å². The van der Waals surface area contributed by atoms with Gasteiger partial charge in [-0.1, -0.05) is 11.6 Å². The van der Waals surface area contributed by atoms with E-state index in [1.165, 1.54) is 5.57 Å². The van der Waals surface area contributed by atoms with Crippen molar-refractivity contribution in [3.05, 3.63) is 35.7 Å². The van der Waals surface area contributed by atoms with Gasteiger partial charge in [-0.05, 0) is 32.9 Å². The van der Waals surface area contributed by atoms with Gasteiger partial charge in [0.1, 0.15) is 0 Å². The average Bonchev–Trinajstić information content (AvgIpc) is 2.47. The zero-order valence-electron chi connectivity index (χ0n) is 8.49. The highest BCUT2D eigenvalue weighted by Gasteiger charge is 2.04. The van der Waals surface area contributed by atoms with Crippen molar-refractivity contribution in [2.24, 2.45) is 0 Å². The fourth-order valence-corrected chi connectivity index (χ4v) is 1.25. The van der Waals surface area contributed by atoms with Crippen LogP contribution in [0.3, 0.4) is 0 Å². The van der Waals surface area contributed by atoms with Gasteiger partial charge in [0.25, 0.3) is 0 Å². The molecule has 0 radical (unpaired) electrons. The second-order valence-electron chi connectivity index (χ2n) is 3.54. The molecule has 0 fully saturated rings. The highest BCUT2D eigenvalue weighted by molar-refractivity contribution is 5.11. The Hall–Kier alpha value is -1.02. The van der Waals surface area contributed by atoms with E-state index in [1.54, 1.807) is 6.92 Å². The molecule has 0 saturated carbocycles. The summed E-state index contributed by atoms with van der Waals surface area (Å²) in [6.07, 6.45) is 3.74. The molecular weight excluding hydrogens is 162 g/mol. The molecule has 0 bridgehead atoms. The molecule has 0 aromatic carbocycles. The van der Waals surface area contributed by atoms with E-state index in [4.69, 9.17) is 0 Å². The highest BCUT2D eigenvalue weighted by atomic mass is 16.3. The summed E-state index contributed by atoms with van der Waals surface area (Å²) in [5.74, 6) is 0. The molecule has 72 valence electrons. The van der Waals surface area contributed by atoms with Crippen molar-refractivity contribution in [1.29, 1.82) is 0 Å². The van der Waals surface area contributed by atoms with Gasteiger partial charge in [0.05, 0.1) is 6.10 Å². The molecule has 1 heterocycles. The summed E-state index contributed by atoms with van der Waals surface area (Å²) in [6, 6.07) is 3.91. The first kappa shape index (κ1) is 10.1. The molecule has 0 saturated heterocycles. The van der Waals surface area contributed by atoms with Gasteiger partial charge in [-0.3, -0.25) is 0 Å². The van der Waals surface area contributed by atoms with E-state index in [-0.39, 0.29) is 6.10 Å². The van der Waals surface area contributed by atoms with E-state index < -0.39 is 0 Å². The van der Waals surface area contributed by atoms with Gasteiger partial charge in [0.15, 0.2) is 0 Å². The second kappa shape index (κ2) is 4.28. The first-order valence-electron chi connectivity index (χ1n) is 4.57. The molecular formula is C11H17NO. The molecule has 0 aliphatic heterocycles. The van der Waals surface area contributed by atoms with Crippen molar-refractivity contribution < 1.29 is 5.11 Å². The van der Waals surface area contributed by atoms with Crippen LogP contribution in [0.5, 0.6) is 0 Å². The van der Waals surface area contributed by atoms with Crippen molar-refractivity contribution in [3.63, 3.8) is 0 Å². The lowest BCUT2D eigenvalue weighted by Gasteiger charge is -2.08. The number of allylic oxidation sites excluding steroid dienone is 2. The maximum absolute atomic E-state index is 9.42. The minimum absolute atomic E-state index is 0.388. The SMILES string of the molecule is CC(C)=CCn1cccc1C(C)O. The fourth-order valence-electron chi connectivity index (χ4n) is 1.25. The molecule has 2 nitrogen and oxygen atoms in total. The van der Waals surface area contributed by atoms with Gasteiger partial charge in [0, 0.05) is 18.4 Å². The molecule has 1 rings (SSSR count). The zero-order valence-corrected chi connectivity index (χ0v) is 8.49. The smallest absolute Gasteiger partial charge is 0.0911 e. The van der Waals surface area contributed by atoms with E-state index in [1.807, 2.05) is 18.3 Å². The Kier molecular flexibility index (Phi) is 3.32. The predicted octanol–water partition coefficient (Wildman–Crippen LogP) is 2.51. The standard InChI is InChI=1S/C11H17NO/c1-9(2)6-8-12-7-4-5-11(12)10(3)13/h4-7,10,13H,8H2,1-3H3. The Labute approximate surface area is 79.5 Å². The molecule has 0 spiro atoms. The van der Waals surface area contributed by atoms with Gasteiger partial charge >= 0.3 is 0 Å². The summed E-state index contributed by atoms with van der Waals surface area (Å²) in [5.41, 5.74) is 2.27. The fraction of sp³-hybridized carbons (Fsp3) is 0.455. The number of aliphatic hydroxyl groups excluding tert-OH is 1. The Balaban J connectivity index is 2.77. The number of hydrogen-bond donors (Lipinski definition) is 1. The lowest BCUT2D eigenvalue weighted by atomic mass is 10.3. The van der Waals surface area contributed by atoms with Crippen LogP contribution in [0, 0.1) is 0 Å². The van der Waals surface area contributed by atoms with Gasteiger partial charge < -0.3 is 9.67 Å². The topological polar surface area (TPSA) is 25.2 Å². The van der Waals surface area contributed by atoms with Gasteiger partial charge in [-0.15, -0.1) is 0 Å². The zero-order chi connectivity index (χ0) is 9.84. The Bertz CT molecular complexity index is 293. The van der Waals surface area contributed by atoms with Crippen LogP contribution in [0.15, 0.2) is 30.0 Å². The second-order valence-corrected chi connectivity index (χ2v) is 3.54. The molecule has 1 N–H and O–H groups in total. The van der Waals surface area contributed by atoms with Crippen molar-refractivity contribution in [2.75, 3.05) is 0 Å². The number of rotatable bonds is 3. The van der Waals surface area contributed by atoms with E-state index in [0.29, 0.717) is 0 Å². The first-order valence-corrected chi connectivity index (χ1v) is 4.57. The summed E-state index contributed by atoms with van der Waals surface area (Å²) in [5, 5.41) is 9.42. The Morgan fingerprint density at radius 3 is 2.85 bits per heavy atom. The third kappa shape index (κ3) is 2.74. The summed E-state index contributed by atoms with van der Waals surface area (Å²) >= 11 is 0. The van der Waals surface area contributed by atoms with Crippen LogP contribution in [0.4, 0.5) is 0 Å². The number of aliphatic hydroxyl groups is 1. The third-order valence-corrected chi connectivity index (χ3v) is 1.99. The number of aromatic nitrogens is 1. The highest BCUT2D eigenvalue weighted by Crippen LogP contribution is 2.12. The van der Waals surface area contributed by atoms with E-state index in [0.717, 1.165) is 12.2 Å². The third-order valence-electron chi connectivity index (χ3n) is 1.99. The molecule has 2 heteroatoms. The van der Waals surface area contributed by atoms with Crippen LogP contribution in [0.2, 0.25) is 0 Å². The predicted molar refractivity (Wildman–Crippen MR) is 54.5 cm³/mol. The maximum Gasteiger partial charge on any atom is 0.0911 e. The van der Waals surface area contributed by atoms with Crippen LogP contribution >= 0.6 is 0 Å². The molecule has 1 aromatic rings. The van der Waals surface area contributed by atoms with Crippen LogP contribution in [-0.4, -0.2) is 9.67 Å². The largest absolute Gasteiger partial charge is 0.387 e.